The predicted octanol–water partition coefficient (Wildman–Crippen LogP) is 19.4. The van der Waals surface area contributed by atoms with Crippen molar-refractivity contribution in [2.75, 3.05) is 13.2 Å². The van der Waals surface area contributed by atoms with Crippen LogP contribution < -0.4 is 0 Å². The first-order chi connectivity index (χ1) is 35.0. The summed E-state index contributed by atoms with van der Waals surface area (Å²) in [6, 6.07) is 0. The van der Waals surface area contributed by atoms with Crippen LogP contribution in [0.25, 0.3) is 0 Å². The molecule has 0 fully saturated rings. The Kier molecular flexibility index (Phi) is 54.5. The smallest absolute Gasteiger partial charge is 0.306 e. The lowest BCUT2D eigenvalue weighted by molar-refractivity contribution is -0.167. The molecule has 0 aliphatic heterocycles. The minimum atomic E-state index is -0.813. The molecule has 0 spiro atoms. The molecule has 71 heavy (non-hydrogen) atoms. The molecule has 0 heterocycles. The minimum absolute atomic E-state index is 0.107. The summed E-state index contributed by atoms with van der Waals surface area (Å²) in [5.41, 5.74) is 0. The summed E-state index contributed by atoms with van der Waals surface area (Å²) in [4.78, 5) is 38.1. The quantitative estimate of drug-likeness (QED) is 0.0262. The maximum absolute atomic E-state index is 12.8. The van der Waals surface area contributed by atoms with Crippen molar-refractivity contribution in [2.45, 2.75) is 245 Å². The normalized spacial score (nSPS) is 13.1. The van der Waals surface area contributed by atoms with Crippen LogP contribution in [-0.4, -0.2) is 37.2 Å². The molecule has 0 aromatic rings. The maximum atomic E-state index is 12.8. The first kappa shape index (κ1) is 66.6. The molecule has 6 nitrogen and oxygen atoms in total. The third-order valence-corrected chi connectivity index (χ3v) is 11.6. The molecule has 0 aliphatic carbocycles. The SMILES string of the molecule is CC/C=C\C/C=C\C/C=C\C/C=C\C/C=C\CCCCCCCCCCCC(=O)OCC(COC(=O)CCCCCCC/C=C\C/C=C\CCC)OC(=O)CCCC/C=C\C/C=C\C/C=C\C/C=C\CC. The van der Waals surface area contributed by atoms with Crippen LogP contribution in [0, 0.1) is 0 Å². The Hall–Kier alpha value is -4.45. The van der Waals surface area contributed by atoms with Crippen LogP contribution in [0.3, 0.4) is 0 Å². The highest BCUT2D eigenvalue weighted by Gasteiger charge is 2.19. The Morgan fingerprint density at radius 1 is 0.296 bits per heavy atom. The molecule has 0 saturated carbocycles. The van der Waals surface area contributed by atoms with Gasteiger partial charge in [0.15, 0.2) is 6.10 Å². The highest BCUT2D eigenvalue weighted by molar-refractivity contribution is 5.71. The van der Waals surface area contributed by atoms with E-state index in [1.54, 1.807) is 0 Å². The van der Waals surface area contributed by atoms with Crippen molar-refractivity contribution in [3.63, 3.8) is 0 Å². The van der Waals surface area contributed by atoms with Crippen LogP contribution in [0.5, 0.6) is 0 Å². The van der Waals surface area contributed by atoms with Crippen LogP contribution in [-0.2, 0) is 28.6 Å². The lowest BCUT2D eigenvalue weighted by atomic mass is 10.1. The van der Waals surface area contributed by atoms with E-state index in [0.717, 1.165) is 148 Å². The molecule has 0 N–H and O–H groups in total. The van der Waals surface area contributed by atoms with Crippen LogP contribution >= 0.6 is 0 Å². The largest absolute Gasteiger partial charge is 0.462 e. The van der Waals surface area contributed by atoms with E-state index in [9.17, 15) is 14.4 Å². The predicted molar refractivity (Wildman–Crippen MR) is 306 cm³/mol. The summed E-state index contributed by atoms with van der Waals surface area (Å²) in [6.45, 7) is 6.28. The number of allylic oxidation sites excluding steroid dienone is 22. The first-order valence-electron chi connectivity index (χ1n) is 28.7. The van der Waals surface area contributed by atoms with Crippen LogP contribution in [0.2, 0.25) is 0 Å². The highest BCUT2D eigenvalue weighted by Crippen LogP contribution is 2.14. The van der Waals surface area contributed by atoms with Gasteiger partial charge in [-0.15, -0.1) is 0 Å². The van der Waals surface area contributed by atoms with E-state index in [4.69, 9.17) is 14.2 Å². The zero-order valence-corrected chi connectivity index (χ0v) is 45.7. The summed E-state index contributed by atoms with van der Waals surface area (Å²) < 4.78 is 16.8. The van der Waals surface area contributed by atoms with E-state index in [1.807, 2.05) is 0 Å². The van der Waals surface area contributed by atoms with Crippen LogP contribution in [0.15, 0.2) is 134 Å². The maximum Gasteiger partial charge on any atom is 0.306 e. The summed E-state index contributed by atoms with van der Waals surface area (Å²) >= 11 is 0. The summed E-state index contributed by atoms with van der Waals surface area (Å²) in [6.07, 6.45) is 81.6. The van der Waals surface area contributed by atoms with Crippen molar-refractivity contribution in [1.82, 2.24) is 0 Å². The fraction of sp³-hybridized carbons (Fsp3) is 0.615. The van der Waals surface area contributed by atoms with Gasteiger partial charge in [0.1, 0.15) is 13.2 Å². The van der Waals surface area contributed by atoms with E-state index < -0.39 is 6.10 Å². The Labute approximate surface area is 436 Å². The number of ether oxygens (including phenoxy) is 3. The van der Waals surface area contributed by atoms with Crippen molar-refractivity contribution in [1.29, 1.82) is 0 Å². The molecule has 0 radical (unpaired) electrons. The number of esters is 3. The topological polar surface area (TPSA) is 78.9 Å². The zero-order chi connectivity index (χ0) is 51.4. The average Bonchev–Trinajstić information content (AvgIpc) is 3.37. The molecule has 0 aromatic carbocycles. The standard InChI is InChI=1S/C65H104O6/c1-4-7-10-13-16-19-22-25-27-28-29-30-31-32-33-34-35-36-38-40-43-46-49-52-55-58-64(67)70-61-62(60-69-63(66)57-54-51-48-45-42-39-24-21-18-15-12-9-6-3)71-65(68)59-56-53-50-47-44-41-37-26-23-20-17-14-11-8-5-2/h7-8,10-12,15-17,19-21,24-27,29-30,32-33,37,44,47,62H,4-6,9,13-14,18,22-23,28,31,34-36,38-43,45-46,48-61H2,1-3H3/b10-7-,11-8-,15-12-,19-16-,20-17-,24-21-,27-25-,30-29-,33-32-,37-26-,47-44-. The van der Waals surface area contributed by atoms with Gasteiger partial charge in [-0.05, 0) is 128 Å². The van der Waals surface area contributed by atoms with E-state index in [2.05, 4.69) is 154 Å². The van der Waals surface area contributed by atoms with E-state index in [0.29, 0.717) is 19.3 Å². The van der Waals surface area contributed by atoms with Gasteiger partial charge in [0.25, 0.3) is 0 Å². The molecule has 0 aromatic heterocycles. The number of rotatable bonds is 50. The number of hydrogen-bond acceptors (Lipinski definition) is 6. The van der Waals surface area contributed by atoms with Gasteiger partial charge in [0.2, 0.25) is 0 Å². The minimum Gasteiger partial charge on any atom is -0.462 e. The van der Waals surface area contributed by atoms with Crippen molar-refractivity contribution in [3.05, 3.63) is 134 Å². The molecule has 1 atom stereocenters. The number of carbonyl (C=O) groups excluding carboxylic acids is 3. The average molecular weight is 982 g/mol. The van der Waals surface area contributed by atoms with Gasteiger partial charge in [-0.3, -0.25) is 14.4 Å². The summed E-state index contributed by atoms with van der Waals surface area (Å²) in [7, 11) is 0. The fourth-order valence-electron chi connectivity index (χ4n) is 7.38. The molecule has 1 unspecified atom stereocenters. The summed E-state index contributed by atoms with van der Waals surface area (Å²) in [5, 5.41) is 0. The Morgan fingerprint density at radius 3 is 0.887 bits per heavy atom. The fourth-order valence-corrected chi connectivity index (χ4v) is 7.38. The van der Waals surface area contributed by atoms with E-state index in [-0.39, 0.29) is 37.5 Å². The van der Waals surface area contributed by atoms with Gasteiger partial charge in [-0.2, -0.15) is 0 Å². The highest BCUT2D eigenvalue weighted by atomic mass is 16.6. The third kappa shape index (κ3) is 56.3. The molecular weight excluding hydrogens is 877 g/mol. The molecule has 0 amide bonds. The van der Waals surface area contributed by atoms with Crippen molar-refractivity contribution < 1.29 is 28.6 Å². The molecule has 0 bridgehead atoms. The number of carbonyl (C=O) groups is 3. The zero-order valence-electron chi connectivity index (χ0n) is 45.7. The monoisotopic (exact) mass is 981 g/mol. The third-order valence-electron chi connectivity index (χ3n) is 11.6. The van der Waals surface area contributed by atoms with Gasteiger partial charge >= 0.3 is 17.9 Å². The first-order valence-corrected chi connectivity index (χ1v) is 28.7. The number of unbranched alkanes of at least 4 members (excludes halogenated alkanes) is 17. The molecular formula is C65H104O6. The molecule has 400 valence electrons. The lowest BCUT2D eigenvalue weighted by Crippen LogP contribution is -2.30. The molecule has 0 aliphatic rings. The Morgan fingerprint density at radius 2 is 0.549 bits per heavy atom. The van der Waals surface area contributed by atoms with Gasteiger partial charge < -0.3 is 14.2 Å². The molecule has 0 saturated heterocycles. The van der Waals surface area contributed by atoms with Crippen LogP contribution in [0.1, 0.15) is 239 Å². The van der Waals surface area contributed by atoms with E-state index >= 15 is 0 Å². The molecule has 0 rings (SSSR count). The summed E-state index contributed by atoms with van der Waals surface area (Å²) in [5.74, 6) is -0.974. The van der Waals surface area contributed by atoms with E-state index in [1.165, 1.54) is 44.9 Å². The van der Waals surface area contributed by atoms with Gasteiger partial charge in [0, 0.05) is 19.3 Å². The second kappa shape index (κ2) is 58.1. The van der Waals surface area contributed by atoms with Crippen molar-refractivity contribution >= 4 is 17.9 Å². The Balaban J connectivity index is 4.40. The van der Waals surface area contributed by atoms with Crippen molar-refractivity contribution in [3.8, 4) is 0 Å². The van der Waals surface area contributed by atoms with Gasteiger partial charge in [0.05, 0.1) is 0 Å². The lowest BCUT2D eigenvalue weighted by Gasteiger charge is -2.18. The molecule has 6 heteroatoms. The second-order valence-electron chi connectivity index (χ2n) is 18.4. The van der Waals surface area contributed by atoms with Gasteiger partial charge in [-0.25, -0.2) is 0 Å². The number of hydrogen-bond donors (Lipinski definition) is 0. The van der Waals surface area contributed by atoms with Crippen molar-refractivity contribution in [2.24, 2.45) is 0 Å². The Bertz CT molecular complexity index is 1550. The second-order valence-corrected chi connectivity index (χ2v) is 18.4. The van der Waals surface area contributed by atoms with Crippen LogP contribution in [0.4, 0.5) is 0 Å². The van der Waals surface area contributed by atoms with Gasteiger partial charge in [-0.1, -0.05) is 225 Å².